The smallest absolute Gasteiger partial charge is 0.369 e. The molecule has 3 aromatic rings. The first-order valence-corrected chi connectivity index (χ1v) is 10.3. The van der Waals surface area contributed by atoms with E-state index in [1.54, 1.807) is 0 Å². The SMILES string of the molecule is Cc1cc(-c2ccc3c(c2)CCCN3Cc2ccc(C(O)(C(F)(F)F)C(F)(F)F)cc2)[nH]n1. The molecule has 0 fully saturated rings. The van der Waals surface area contributed by atoms with Gasteiger partial charge in [0.25, 0.3) is 5.60 Å². The summed E-state index contributed by atoms with van der Waals surface area (Å²) >= 11 is 0. The maximum atomic E-state index is 13.1. The van der Waals surface area contributed by atoms with Crippen LogP contribution < -0.4 is 4.90 Å². The first kappa shape index (κ1) is 23.2. The van der Waals surface area contributed by atoms with Crippen molar-refractivity contribution in [3.63, 3.8) is 0 Å². The van der Waals surface area contributed by atoms with Gasteiger partial charge in [-0.15, -0.1) is 0 Å². The average molecular weight is 469 g/mol. The molecule has 0 spiro atoms. The standard InChI is InChI=1S/C23H21F6N3O/c1-14-11-19(31-30-14)16-6-9-20-17(12-16)3-2-10-32(20)13-15-4-7-18(8-5-15)21(33,22(24,25)26)23(27,28)29/h4-9,11-12,33H,2-3,10,13H2,1H3,(H,30,31). The molecule has 176 valence electrons. The quantitative estimate of drug-likeness (QED) is 0.486. The van der Waals surface area contributed by atoms with E-state index < -0.39 is 23.5 Å². The fourth-order valence-corrected chi connectivity index (χ4v) is 4.14. The summed E-state index contributed by atoms with van der Waals surface area (Å²) in [6, 6.07) is 11.6. The van der Waals surface area contributed by atoms with Gasteiger partial charge in [0.05, 0.1) is 11.4 Å². The number of nitrogens with zero attached hydrogens (tertiary/aromatic N) is 2. The summed E-state index contributed by atoms with van der Waals surface area (Å²) in [5.41, 5.74) is -0.827. The zero-order valence-electron chi connectivity index (χ0n) is 17.6. The molecule has 0 aliphatic carbocycles. The van der Waals surface area contributed by atoms with Gasteiger partial charge in [0, 0.05) is 24.3 Å². The highest BCUT2D eigenvalue weighted by atomic mass is 19.4. The fourth-order valence-electron chi connectivity index (χ4n) is 4.14. The molecule has 1 aliphatic rings. The zero-order valence-corrected chi connectivity index (χ0v) is 17.6. The summed E-state index contributed by atoms with van der Waals surface area (Å²) in [5, 5.41) is 16.7. The molecule has 10 heteroatoms. The Morgan fingerprint density at radius 1 is 0.970 bits per heavy atom. The van der Waals surface area contributed by atoms with Gasteiger partial charge in [-0.1, -0.05) is 30.3 Å². The highest BCUT2D eigenvalue weighted by Crippen LogP contribution is 2.50. The van der Waals surface area contributed by atoms with E-state index in [1.807, 2.05) is 30.0 Å². The molecule has 4 rings (SSSR count). The van der Waals surface area contributed by atoms with Crippen LogP contribution in [-0.2, 0) is 18.6 Å². The number of halogens is 6. The van der Waals surface area contributed by atoms with Crippen molar-refractivity contribution in [3.8, 4) is 11.3 Å². The Kier molecular flexibility index (Phi) is 5.68. The lowest BCUT2D eigenvalue weighted by molar-refractivity contribution is -0.376. The molecule has 0 bridgehead atoms. The third kappa shape index (κ3) is 4.19. The van der Waals surface area contributed by atoms with Crippen LogP contribution in [0.2, 0.25) is 0 Å². The van der Waals surface area contributed by atoms with Crippen LogP contribution >= 0.6 is 0 Å². The number of aliphatic hydroxyl groups is 1. The predicted octanol–water partition coefficient (Wildman–Crippen LogP) is 5.65. The van der Waals surface area contributed by atoms with Crippen molar-refractivity contribution in [1.82, 2.24) is 10.2 Å². The van der Waals surface area contributed by atoms with Crippen molar-refractivity contribution < 1.29 is 31.4 Å². The Morgan fingerprint density at radius 2 is 1.64 bits per heavy atom. The molecule has 4 nitrogen and oxygen atoms in total. The van der Waals surface area contributed by atoms with Crippen LogP contribution in [0.4, 0.5) is 32.0 Å². The first-order valence-electron chi connectivity index (χ1n) is 10.3. The number of anilines is 1. The van der Waals surface area contributed by atoms with Gasteiger partial charge in [-0.25, -0.2) is 0 Å². The third-order valence-corrected chi connectivity index (χ3v) is 5.88. The lowest BCUT2D eigenvalue weighted by atomic mass is 9.91. The van der Waals surface area contributed by atoms with E-state index in [0.29, 0.717) is 30.8 Å². The lowest BCUT2D eigenvalue weighted by Gasteiger charge is -2.33. The minimum Gasteiger partial charge on any atom is -0.369 e. The van der Waals surface area contributed by atoms with E-state index in [0.717, 1.165) is 41.0 Å². The van der Waals surface area contributed by atoms with Gasteiger partial charge in [0.2, 0.25) is 0 Å². The Bertz CT molecular complexity index is 1120. The molecular weight excluding hydrogens is 448 g/mol. The summed E-state index contributed by atoms with van der Waals surface area (Å²) in [5.74, 6) is 0. The van der Waals surface area contributed by atoms with Crippen molar-refractivity contribution in [2.75, 3.05) is 11.4 Å². The second-order valence-corrected chi connectivity index (χ2v) is 8.19. The van der Waals surface area contributed by atoms with Crippen molar-refractivity contribution in [1.29, 1.82) is 0 Å². The van der Waals surface area contributed by atoms with Crippen LogP contribution in [0.3, 0.4) is 0 Å². The van der Waals surface area contributed by atoms with E-state index in [1.165, 1.54) is 12.1 Å². The largest absolute Gasteiger partial charge is 0.430 e. The molecule has 0 unspecified atom stereocenters. The number of nitrogens with one attached hydrogen (secondary N) is 1. The monoisotopic (exact) mass is 469 g/mol. The molecule has 0 atom stereocenters. The first-order chi connectivity index (χ1) is 15.4. The molecule has 0 amide bonds. The Hall–Kier alpha value is -3.01. The molecule has 1 aromatic heterocycles. The Labute approximate surface area is 185 Å². The van der Waals surface area contributed by atoms with Crippen LogP contribution in [0.15, 0.2) is 48.5 Å². The highest BCUT2D eigenvalue weighted by molar-refractivity contribution is 5.67. The summed E-state index contributed by atoms with van der Waals surface area (Å²) in [6.45, 7) is 2.90. The van der Waals surface area contributed by atoms with Gasteiger partial charge in [0.1, 0.15) is 0 Å². The maximum Gasteiger partial charge on any atom is 0.430 e. The lowest BCUT2D eigenvalue weighted by Crippen LogP contribution is -2.53. The number of benzene rings is 2. The molecule has 0 saturated heterocycles. The van der Waals surface area contributed by atoms with E-state index in [2.05, 4.69) is 16.3 Å². The van der Waals surface area contributed by atoms with Crippen molar-refractivity contribution >= 4 is 5.69 Å². The van der Waals surface area contributed by atoms with Crippen molar-refractivity contribution in [2.45, 2.75) is 44.3 Å². The Morgan fingerprint density at radius 3 is 2.21 bits per heavy atom. The van der Waals surface area contributed by atoms with Gasteiger partial charge in [-0.05, 0) is 54.7 Å². The van der Waals surface area contributed by atoms with E-state index in [-0.39, 0.29) is 0 Å². The molecule has 33 heavy (non-hydrogen) atoms. The molecule has 2 N–H and O–H groups in total. The van der Waals surface area contributed by atoms with Crippen LogP contribution in [0.25, 0.3) is 11.3 Å². The van der Waals surface area contributed by atoms with Gasteiger partial charge >= 0.3 is 12.4 Å². The van der Waals surface area contributed by atoms with Crippen molar-refractivity contribution in [2.24, 2.45) is 0 Å². The second kappa shape index (κ2) is 8.09. The third-order valence-electron chi connectivity index (χ3n) is 5.88. The number of rotatable bonds is 4. The second-order valence-electron chi connectivity index (χ2n) is 8.19. The molecule has 2 heterocycles. The summed E-state index contributed by atoms with van der Waals surface area (Å²) < 4.78 is 78.6. The summed E-state index contributed by atoms with van der Waals surface area (Å²) in [4.78, 5) is 2.04. The fraction of sp³-hybridized carbons (Fsp3) is 0.348. The van der Waals surface area contributed by atoms with Crippen LogP contribution in [0.5, 0.6) is 0 Å². The molecule has 0 saturated carbocycles. The molecule has 1 aliphatic heterocycles. The summed E-state index contributed by atoms with van der Waals surface area (Å²) in [7, 11) is 0. The maximum absolute atomic E-state index is 13.1. The van der Waals surface area contributed by atoms with Crippen LogP contribution in [0.1, 0.15) is 28.8 Å². The van der Waals surface area contributed by atoms with E-state index in [9.17, 15) is 31.4 Å². The van der Waals surface area contributed by atoms with Crippen LogP contribution in [0, 0.1) is 6.92 Å². The number of aromatic nitrogens is 2. The predicted molar refractivity (Wildman–Crippen MR) is 111 cm³/mol. The number of fused-ring (bicyclic) bond motifs is 1. The number of H-pyrrole nitrogens is 1. The normalized spacial score (nSPS) is 15.0. The van der Waals surface area contributed by atoms with Crippen LogP contribution in [-0.4, -0.2) is 34.2 Å². The minimum atomic E-state index is -5.90. The van der Waals surface area contributed by atoms with Crippen molar-refractivity contribution in [3.05, 3.63) is 70.9 Å². The Balaban J connectivity index is 1.57. The van der Waals surface area contributed by atoms with E-state index in [4.69, 9.17) is 0 Å². The van der Waals surface area contributed by atoms with Gasteiger partial charge < -0.3 is 10.0 Å². The minimum absolute atomic E-state index is 0.312. The highest BCUT2D eigenvalue weighted by Gasteiger charge is 2.71. The average Bonchev–Trinajstić information content (AvgIpc) is 3.18. The number of hydrogen-bond donors (Lipinski definition) is 2. The summed E-state index contributed by atoms with van der Waals surface area (Å²) in [6.07, 6.45) is -10.1. The number of aryl methyl sites for hydroxylation is 2. The zero-order chi connectivity index (χ0) is 24.0. The van der Waals surface area contributed by atoms with Gasteiger partial charge in [-0.3, -0.25) is 5.10 Å². The molecular formula is C23H21F6N3O. The van der Waals surface area contributed by atoms with Gasteiger partial charge in [-0.2, -0.15) is 31.4 Å². The molecule has 2 aromatic carbocycles. The topological polar surface area (TPSA) is 52.1 Å². The number of hydrogen-bond acceptors (Lipinski definition) is 3. The van der Waals surface area contributed by atoms with E-state index >= 15 is 0 Å². The molecule has 0 radical (unpaired) electrons. The number of aromatic amines is 1. The van der Waals surface area contributed by atoms with Gasteiger partial charge in [0.15, 0.2) is 0 Å². The number of alkyl halides is 6.